The van der Waals surface area contributed by atoms with E-state index in [0.29, 0.717) is 16.9 Å². The molecular formula is C24H20N6O4S. The monoisotopic (exact) mass is 488 g/mol. The summed E-state index contributed by atoms with van der Waals surface area (Å²) < 4.78 is 25.0. The van der Waals surface area contributed by atoms with E-state index in [2.05, 4.69) is 15.3 Å². The Labute approximate surface area is 201 Å². The number of carbonyl (C=O) groups is 2. The maximum absolute atomic E-state index is 12.5. The van der Waals surface area contributed by atoms with Gasteiger partial charge in [0.05, 0.1) is 27.8 Å². The van der Waals surface area contributed by atoms with Crippen LogP contribution in [-0.2, 0) is 10.0 Å². The first-order valence-electron chi connectivity index (χ1n) is 10.3. The molecule has 1 aromatic heterocycles. The van der Waals surface area contributed by atoms with Crippen LogP contribution in [0.5, 0.6) is 0 Å². The van der Waals surface area contributed by atoms with Crippen LogP contribution in [-0.4, -0.2) is 34.7 Å². The molecule has 0 saturated carbocycles. The van der Waals surface area contributed by atoms with Crippen molar-refractivity contribution in [2.75, 3.05) is 5.32 Å². The summed E-state index contributed by atoms with van der Waals surface area (Å²) in [5.74, 6) is 5.26. The number of amides is 2. The second kappa shape index (κ2) is 10.2. The largest absolute Gasteiger partial charge is 0.335 e. The lowest BCUT2D eigenvalue weighted by Gasteiger charge is -2.17. The van der Waals surface area contributed by atoms with Crippen LogP contribution in [0.25, 0.3) is 17.1 Å². The van der Waals surface area contributed by atoms with E-state index < -0.39 is 16.1 Å². The number of allylic oxidation sites excluding steroid dienone is 1. The van der Waals surface area contributed by atoms with Gasteiger partial charge in [0.25, 0.3) is 10.0 Å². The molecule has 4 aromatic rings. The van der Waals surface area contributed by atoms with Crippen molar-refractivity contribution in [3.8, 4) is 0 Å². The van der Waals surface area contributed by atoms with Crippen molar-refractivity contribution in [2.45, 2.75) is 4.90 Å². The van der Waals surface area contributed by atoms with E-state index in [1.807, 2.05) is 29.7 Å². The van der Waals surface area contributed by atoms with Crippen LogP contribution in [0, 0.1) is 0 Å². The molecule has 0 aliphatic carbocycles. The fourth-order valence-electron chi connectivity index (χ4n) is 3.05. The second-order valence-corrected chi connectivity index (χ2v) is 9.05. The average Bonchev–Trinajstić information content (AvgIpc) is 2.88. The Morgan fingerprint density at radius 3 is 2.26 bits per heavy atom. The van der Waals surface area contributed by atoms with E-state index in [9.17, 15) is 18.0 Å². The molecule has 0 atom stereocenters. The Hall–Kier alpha value is -4.45. The van der Waals surface area contributed by atoms with Crippen molar-refractivity contribution in [1.82, 2.24) is 19.9 Å². The summed E-state index contributed by atoms with van der Waals surface area (Å²) in [6, 6.07) is 20.0. The van der Waals surface area contributed by atoms with Gasteiger partial charge in [0.15, 0.2) is 5.78 Å². The standard InChI is InChI=1S/C24H20N6O4S/c25-30(35(33,34)20-6-2-1-3-7-20)29-24(32)28-18-12-10-17(11-13-18)23(31)15-14-19-16-26-21-8-4-5-9-22(21)27-19/h1-16H,25H2,(H2,28,29,32)/b15-14+. The molecular weight excluding hydrogens is 468 g/mol. The van der Waals surface area contributed by atoms with Gasteiger partial charge in [-0.2, -0.15) is 0 Å². The molecule has 4 rings (SSSR count). The van der Waals surface area contributed by atoms with E-state index in [1.165, 1.54) is 54.6 Å². The minimum Gasteiger partial charge on any atom is -0.307 e. The number of benzene rings is 3. The summed E-state index contributed by atoms with van der Waals surface area (Å²) in [5, 5.41) is 2.45. The molecule has 4 N–H and O–H groups in total. The van der Waals surface area contributed by atoms with Crippen LogP contribution < -0.4 is 16.6 Å². The van der Waals surface area contributed by atoms with Crippen LogP contribution >= 0.6 is 0 Å². The lowest BCUT2D eigenvalue weighted by Crippen LogP contribution is -2.51. The van der Waals surface area contributed by atoms with Gasteiger partial charge in [-0.3, -0.25) is 9.78 Å². The number of nitrogens with zero attached hydrogens (tertiary/aromatic N) is 3. The van der Waals surface area contributed by atoms with Gasteiger partial charge in [-0.1, -0.05) is 30.3 Å². The average molecular weight is 489 g/mol. The fraction of sp³-hybridized carbons (Fsp3) is 0. The van der Waals surface area contributed by atoms with Gasteiger partial charge in [-0.05, 0) is 65.2 Å². The molecule has 10 nitrogen and oxygen atoms in total. The van der Waals surface area contributed by atoms with Crippen molar-refractivity contribution < 1.29 is 18.0 Å². The van der Waals surface area contributed by atoms with Crippen LogP contribution in [0.15, 0.2) is 96.0 Å². The molecule has 0 saturated heterocycles. The Bertz CT molecular complexity index is 1510. The molecule has 0 spiro atoms. The van der Waals surface area contributed by atoms with Gasteiger partial charge in [0, 0.05) is 11.3 Å². The van der Waals surface area contributed by atoms with Crippen molar-refractivity contribution in [2.24, 2.45) is 5.84 Å². The first kappa shape index (κ1) is 23.7. The van der Waals surface area contributed by atoms with Gasteiger partial charge in [0.1, 0.15) is 0 Å². The molecule has 0 radical (unpaired) electrons. The number of rotatable bonds is 7. The summed E-state index contributed by atoms with van der Waals surface area (Å²) in [6.07, 6.45) is 4.54. The zero-order chi connectivity index (χ0) is 24.8. The highest BCUT2D eigenvalue weighted by atomic mass is 32.2. The molecule has 0 fully saturated rings. The predicted octanol–water partition coefficient (Wildman–Crippen LogP) is 3.13. The first-order chi connectivity index (χ1) is 16.8. The third-order valence-electron chi connectivity index (χ3n) is 4.81. The number of carbonyl (C=O) groups excluding carboxylic acids is 2. The van der Waals surface area contributed by atoms with Gasteiger partial charge < -0.3 is 5.32 Å². The van der Waals surface area contributed by atoms with Gasteiger partial charge in [0.2, 0.25) is 0 Å². The van der Waals surface area contributed by atoms with Crippen molar-refractivity contribution >= 4 is 44.6 Å². The minimum atomic E-state index is -4.11. The lowest BCUT2D eigenvalue weighted by molar-refractivity contribution is 0.104. The van der Waals surface area contributed by atoms with Crippen molar-refractivity contribution in [3.63, 3.8) is 0 Å². The Morgan fingerprint density at radius 2 is 1.54 bits per heavy atom. The van der Waals surface area contributed by atoms with Crippen LogP contribution in [0.3, 0.4) is 0 Å². The van der Waals surface area contributed by atoms with E-state index >= 15 is 0 Å². The molecule has 0 unspecified atom stereocenters. The molecule has 3 aromatic carbocycles. The molecule has 0 bridgehead atoms. The highest BCUT2D eigenvalue weighted by Crippen LogP contribution is 2.14. The van der Waals surface area contributed by atoms with Crippen molar-refractivity contribution in [3.05, 3.63) is 102 Å². The van der Waals surface area contributed by atoms with E-state index in [1.54, 1.807) is 18.3 Å². The first-order valence-corrected chi connectivity index (χ1v) is 11.7. The minimum absolute atomic E-state index is 0.0756. The summed E-state index contributed by atoms with van der Waals surface area (Å²) in [5.41, 5.74) is 4.78. The van der Waals surface area contributed by atoms with Gasteiger partial charge >= 0.3 is 6.03 Å². The molecule has 176 valence electrons. The Balaban J connectivity index is 1.36. The third-order valence-corrected chi connectivity index (χ3v) is 6.29. The van der Waals surface area contributed by atoms with E-state index in [0.717, 1.165) is 11.0 Å². The number of hydrogen-bond donors (Lipinski definition) is 3. The maximum Gasteiger partial charge on any atom is 0.335 e. The quantitative estimate of drug-likeness (QED) is 0.157. The number of aromatic nitrogens is 2. The summed E-state index contributed by atoms with van der Waals surface area (Å²) in [7, 11) is -4.11. The number of hydrazine groups is 2. The number of anilines is 1. The van der Waals surface area contributed by atoms with Crippen LogP contribution in [0.4, 0.5) is 10.5 Å². The van der Waals surface area contributed by atoms with Crippen molar-refractivity contribution in [1.29, 1.82) is 0 Å². The van der Waals surface area contributed by atoms with Crippen LogP contribution in [0.1, 0.15) is 16.1 Å². The smallest absolute Gasteiger partial charge is 0.307 e. The topological polar surface area (TPSA) is 147 Å². The lowest BCUT2D eigenvalue weighted by atomic mass is 10.1. The summed E-state index contributed by atoms with van der Waals surface area (Å²) >= 11 is 0. The highest BCUT2D eigenvalue weighted by molar-refractivity contribution is 7.89. The SMILES string of the molecule is NN(NC(=O)Nc1ccc(C(=O)/C=C/c2cnc3ccccc3n2)cc1)S(=O)(=O)c1ccccc1. The number of sulfonamides is 1. The van der Waals surface area contributed by atoms with Gasteiger partial charge in [-0.15, -0.1) is 0 Å². The highest BCUT2D eigenvalue weighted by Gasteiger charge is 2.23. The predicted molar refractivity (Wildman–Crippen MR) is 131 cm³/mol. The molecule has 1 heterocycles. The molecule has 35 heavy (non-hydrogen) atoms. The molecule has 2 amide bonds. The Kier molecular flexibility index (Phi) is 6.92. The number of nitrogens with two attached hydrogens (primary N) is 1. The number of hydrogen-bond acceptors (Lipinski definition) is 7. The third kappa shape index (κ3) is 5.73. The van der Waals surface area contributed by atoms with Gasteiger partial charge in [-0.25, -0.2) is 29.5 Å². The van der Waals surface area contributed by atoms with Crippen LogP contribution in [0.2, 0.25) is 0 Å². The second-order valence-electron chi connectivity index (χ2n) is 7.24. The fourth-order valence-corrected chi connectivity index (χ4v) is 3.98. The number of nitrogens with one attached hydrogen (secondary N) is 2. The zero-order valence-electron chi connectivity index (χ0n) is 18.2. The Morgan fingerprint density at radius 1 is 0.886 bits per heavy atom. The zero-order valence-corrected chi connectivity index (χ0v) is 19.0. The summed E-state index contributed by atoms with van der Waals surface area (Å²) in [4.78, 5) is 33.3. The summed E-state index contributed by atoms with van der Waals surface area (Å²) in [6.45, 7) is 0. The van der Waals surface area contributed by atoms with E-state index in [-0.39, 0.29) is 15.2 Å². The number of fused-ring (bicyclic) bond motifs is 1. The normalized spacial score (nSPS) is 11.6. The number of para-hydroxylation sites is 2. The number of urea groups is 1. The molecule has 0 aliphatic rings. The maximum atomic E-state index is 12.5. The molecule has 0 aliphatic heterocycles. The molecule has 11 heteroatoms. The number of ketones is 1. The van der Waals surface area contributed by atoms with E-state index in [4.69, 9.17) is 5.84 Å².